The Morgan fingerprint density at radius 3 is 1.66 bits per heavy atom. The number of phenolic OH excluding ortho intramolecular Hbond substituents is 2. The van der Waals surface area contributed by atoms with E-state index in [9.17, 15) is 10.2 Å². The first-order valence-corrected chi connectivity index (χ1v) is 14.4. The molecule has 0 aliphatic rings. The molecule has 3 aromatic rings. The molecular formula is C29H38O5Si. The Hall–Kier alpha value is -2.64. The molecule has 0 fully saturated rings. The van der Waals surface area contributed by atoms with Gasteiger partial charge in [0.2, 0.25) is 0 Å². The standard InChI is InChI=1S/C29H38O5Si/c1-5-27(35(32-6-2,33-7-3)34-8-4)28-26(30)21-24(19-22-15-11-9-12-16-22)25(29(28)31)20-23-17-13-10-14-18-23/h9-18,21,27,30-31H,5-8,19-20H2,1-4H3. The van der Waals surface area contributed by atoms with E-state index in [0.717, 1.165) is 22.3 Å². The monoisotopic (exact) mass is 494 g/mol. The number of benzene rings is 3. The summed E-state index contributed by atoms with van der Waals surface area (Å²) in [4.78, 5) is 0. The van der Waals surface area contributed by atoms with Crippen LogP contribution in [0.5, 0.6) is 11.5 Å². The Morgan fingerprint density at radius 1 is 0.714 bits per heavy atom. The highest BCUT2D eigenvalue weighted by molar-refractivity contribution is 6.62. The van der Waals surface area contributed by atoms with Gasteiger partial charge < -0.3 is 23.5 Å². The van der Waals surface area contributed by atoms with E-state index in [0.29, 0.717) is 44.6 Å². The lowest BCUT2D eigenvalue weighted by Gasteiger charge is -2.36. The maximum atomic E-state index is 11.8. The molecule has 0 aliphatic carbocycles. The second kappa shape index (κ2) is 12.9. The maximum Gasteiger partial charge on any atom is 0.509 e. The van der Waals surface area contributed by atoms with Crippen molar-refractivity contribution in [1.29, 1.82) is 0 Å². The summed E-state index contributed by atoms with van der Waals surface area (Å²) in [5.41, 5.74) is 3.95. The topological polar surface area (TPSA) is 68.2 Å². The first-order valence-electron chi connectivity index (χ1n) is 12.6. The first-order chi connectivity index (χ1) is 17.0. The molecule has 0 saturated carbocycles. The quantitative estimate of drug-likeness (QED) is 0.271. The summed E-state index contributed by atoms with van der Waals surface area (Å²) in [6.45, 7) is 9.02. The van der Waals surface area contributed by atoms with Crippen LogP contribution in [0, 0.1) is 0 Å². The van der Waals surface area contributed by atoms with Crippen LogP contribution in [0.4, 0.5) is 0 Å². The van der Waals surface area contributed by atoms with E-state index in [-0.39, 0.29) is 11.5 Å². The third-order valence-corrected chi connectivity index (χ3v) is 9.82. The lowest BCUT2D eigenvalue weighted by atomic mass is 9.90. The number of rotatable bonds is 13. The van der Waals surface area contributed by atoms with Gasteiger partial charge in [-0.15, -0.1) is 0 Å². The molecule has 0 amide bonds. The Kier molecular flexibility index (Phi) is 9.92. The maximum absolute atomic E-state index is 11.8. The minimum Gasteiger partial charge on any atom is -0.508 e. The number of hydrogen-bond donors (Lipinski definition) is 2. The Bertz CT molecular complexity index is 1040. The normalized spacial score (nSPS) is 12.6. The summed E-state index contributed by atoms with van der Waals surface area (Å²) in [6.07, 6.45) is 1.74. The number of phenols is 2. The van der Waals surface area contributed by atoms with E-state index in [2.05, 4.69) is 24.3 Å². The lowest BCUT2D eigenvalue weighted by molar-refractivity contribution is 0.0605. The van der Waals surface area contributed by atoms with Crippen LogP contribution >= 0.6 is 0 Å². The molecule has 3 rings (SSSR count). The van der Waals surface area contributed by atoms with Crippen LogP contribution < -0.4 is 0 Å². The van der Waals surface area contributed by atoms with Crippen molar-refractivity contribution >= 4 is 8.80 Å². The smallest absolute Gasteiger partial charge is 0.508 e. The first kappa shape index (κ1) is 27.0. The second-order valence-electron chi connectivity index (χ2n) is 8.48. The third-order valence-electron chi connectivity index (χ3n) is 6.20. The Balaban J connectivity index is 2.19. The highest BCUT2D eigenvalue weighted by atomic mass is 28.4. The van der Waals surface area contributed by atoms with Gasteiger partial charge in [0, 0.05) is 37.4 Å². The fourth-order valence-electron chi connectivity index (χ4n) is 4.74. The predicted molar refractivity (Wildman–Crippen MR) is 142 cm³/mol. The van der Waals surface area contributed by atoms with Crippen molar-refractivity contribution in [2.45, 2.75) is 52.5 Å². The van der Waals surface area contributed by atoms with E-state index in [1.807, 2.05) is 64.1 Å². The summed E-state index contributed by atoms with van der Waals surface area (Å²) in [7, 11) is -3.26. The van der Waals surface area contributed by atoms with E-state index in [1.54, 1.807) is 6.07 Å². The van der Waals surface area contributed by atoms with Crippen molar-refractivity contribution in [2.75, 3.05) is 19.8 Å². The molecule has 1 unspecified atom stereocenters. The highest BCUT2D eigenvalue weighted by Crippen LogP contribution is 2.46. The van der Waals surface area contributed by atoms with Crippen molar-refractivity contribution in [2.24, 2.45) is 0 Å². The van der Waals surface area contributed by atoms with Crippen molar-refractivity contribution in [3.63, 3.8) is 0 Å². The van der Waals surface area contributed by atoms with Gasteiger partial charge >= 0.3 is 8.80 Å². The van der Waals surface area contributed by atoms with Crippen LogP contribution in [0.2, 0.25) is 0 Å². The predicted octanol–water partition coefficient (Wildman–Crippen LogP) is 6.36. The van der Waals surface area contributed by atoms with Crippen molar-refractivity contribution in [1.82, 2.24) is 0 Å². The zero-order valence-corrected chi connectivity index (χ0v) is 22.3. The lowest BCUT2D eigenvalue weighted by Crippen LogP contribution is -2.52. The molecule has 0 saturated heterocycles. The van der Waals surface area contributed by atoms with Gasteiger partial charge in [-0.25, -0.2) is 0 Å². The van der Waals surface area contributed by atoms with Gasteiger partial charge in [-0.05, 0) is 56.4 Å². The molecule has 0 spiro atoms. The van der Waals surface area contributed by atoms with Crippen LogP contribution in [-0.2, 0) is 26.1 Å². The van der Waals surface area contributed by atoms with Gasteiger partial charge in [0.25, 0.3) is 0 Å². The highest BCUT2D eigenvalue weighted by Gasteiger charge is 2.51. The number of hydrogen-bond acceptors (Lipinski definition) is 5. The van der Waals surface area contributed by atoms with Gasteiger partial charge in [0.05, 0.1) is 5.54 Å². The van der Waals surface area contributed by atoms with Crippen LogP contribution in [-0.4, -0.2) is 38.8 Å². The molecule has 0 radical (unpaired) electrons. The molecule has 0 bridgehead atoms. The average molecular weight is 495 g/mol. The minimum atomic E-state index is -3.26. The summed E-state index contributed by atoms with van der Waals surface area (Å²) in [5.74, 6) is 0.149. The van der Waals surface area contributed by atoms with Gasteiger partial charge in [-0.3, -0.25) is 0 Å². The summed E-state index contributed by atoms with van der Waals surface area (Å²) < 4.78 is 18.6. The summed E-state index contributed by atoms with van der Waals surface area (Å²) in [6, 6.07) is 22.0. The molecule has 1 atom stereocenters. The zero-order valence-electron chi connectivity index (χ0n) is 21.3. The van der Waals surface area contributed by atoms with E-state index >= 15 is 0 Å². The van der Waals surface area contributed by atoms with Crippen molar-refractivity contribution < 1.29 is 23.5 Å². The average Bonchev–Trinajstić information content (AvgIpc) is 2.86. The summed E-state index contributed by atoms with van der Waals surface area (Å²) in [5, 5.41) is 23.1. The summed E-state index contributed by atoms with van der Waals surface area (Å²) >= 11 is 0. The van der Waals surface area contributed by atoms with Crippen molar-refractivity contribution in [3.05, 3.63) is 94.5 Å². The third kappa shape index (κ3) is 6.33. The largest absolute Gasteiger partial charge is 0.509 e. The SMILES string of the molecule is CCO[Si](OCC)(OCC)C(CC)c1c(O)cc(Cc2ccccc2)c(Cc2ccccc2)c1O. The van der Waals surface area contributed by atoms with E-state index in [4.69, 9.17) is 13.3 Å². The Labute approximate surface area is 210 Å². The minimum absolute atomic E-state index is 0.0491. The van der Waals surface area contributed by atoms with Gasteiger partial charge in [0.15, 0.2) is 0 Å². The van der Waals surface area contributed by atoms with Crippen LogP contribution in [0.25, 0.3) is 0 Å². The number of aromatic hydroxyl groups is 2. The second-order valence-corrected chi connectivity index (χ2v) is 11.3. The molecular weight excluding hydrogens is 456 g/mol. The molecule has 35 heavy (non-hydrogen) atoms. The molecule has 0 heterocycles. The molecule has 188 valence electrons. The fourth-order valence-corrected chi connectivity index (χ4v) is 7.94. The molecule has 0 aliphatic heterocycles. The van der Waals surface area contributed by atoms with E-state index in [1.165, 1.54) is 0 Å². The fraction of sp³-hybridized carbons (Fsp3) is 0.379. The van der Waals surface area contributed by atoms with Gasteiger partial charge in [-0.1, -0.05) is 67.6 Å². The van der Waals surface area contributed by atoms with Gasteiger partial charge in [-0.2, -0.15) is 0 Å². The van der Waals surface area contributed by atoms with Gasteiger partial charge in [0.1, 0.15) is 11.5 Å². The van der Waals surface area contributed by atoms with Crippen LogP contribution in [0.1, 0.15) is 67.5 Å². The molecule has 3 aromatic carbocycles. The molecule has 5 nitrogen and oxygen atoms in total. The van der Waals surface area contributed by atoms with Crippen LogP contribution in [0.15, 0.2) is 66.7 Å². The molecule has 2 N–H and O–H groups in total. The molecule has 6 heteroatoms. The van der Waals surface area contributed by atoms with Crippen molar-refractivity contribution in [3.8, 4) is 11.5 Å². The Morgan fingerprint density at radius 2 is 1.20 bits per heavy atom. The zero-order chi connectivity index (χ0) is 25.3. The van der Waals surface area contributed by atoms with Crippen LogP contribution in [0.3, 0.4) is 0 Å². The molecule has 0 aromatic heterocycles. The van der Waals surface area contributed by atoms with E-state index < -0.39 is 14.3 Å².